The minimum atomic E-state index is -0.895. The van der Waals surface area contributed by atoms with Crippen LogP contribution >= 0.6 is 11.8 Å². The number of aromatic nitrogens is 2. The van der Waals surface area contributed by atoms with Gasteiger partial charge in [-0.1, -0.05) is 13.8 Å². The van der Waals surface area contributed by atoms with Crippen molar-refractivity contribution in [3.8, 4) is 0 Å². The monoisotopic (exact) mass is 620 g/mol. The molecule has 4 atom stereocenters. The van der Waals surface area contributed by atoms with Gasteiger partial charge in [-0.05, 0) is 80.0 Å². The number of aliphatic imine (C=N–C) groups is 1. The Hall–Kier alpha value is -3.99. The molecule has 10 nitrogen and oxygen atoms in total. The zero-order valence-corrected chi connectivity index (χ0v) is 26.5. The third kappa shape index (κ3) is 6.29. The molecule has 5 rings (SSSR count). The van der Waals surface area contributed by atoms with Gasteiger partial charge in [-0.2, -0.15) is 11.8 Å². The number of aliphatic hydroxyl groups excluding tert-OH is 1. The SMILES string of the molecule is CCC1=C(C)C(Cc2[nH]c(/C=c3\[nH]/c(=C/C4NC(=O)[C@H](C)[C@H]4[C@H]4CS4)c(C)c3CCC(=O)O)c(CC=C(O)O)c2C)=NC1=O. The van der Waals surface area contributed by atoms with Crippen molar-refractivity contribution in [1.29, 1.82) is 0 Å². The summed E-state index contributed by atoms with van der Waals surface area (Å²) < 4.78 is 0. The molecular weight excluding hydrogens is 580 g/mol. The summed E-state index contributed by atoms with van der Waals surface area (Å²) in [6, 6.07) is -0.123. The lowest BCUT2D eigenvalue weighted by Gasteiger charge is -2.16. The average Bonchev–Trinajstić information content (AvgIpc) is 3.53. The van der Waals surface area contributed by atoms with Crippen LogP contribution in [0, 0.1) is 25.7 Å². The Morgan fingerprint density at radius 1 is 1.07 bits per heavy atom. The number of carboxylic acid groups (broad SMARTS) is 1. The van der Waals surface area contributed by atoms with Gasteiger partial charge in [0.2, 0.25) is 5.91 Å². The van der Waals surface area contributed by atoms with E-state index in [0.29, 0.717) is 35.8 Å². The first-order valence-electron chi connectivity index (χ1n) is 15.0. The van der Waals surface area contributed by atoms with Gasteiger partial charge in [-0.3, -0.25) is 14.4 Å². The van der Waals surface area contributed by atoms with Crippen LogP contribution in [0.15, 0.2) is 28.2 Å². The Balaban J connectivity index is 1.61. The molecule has 0 bridgehead atoms. The highest BCUT2D eigenvalue weighted by atomic mass is 32.2. The molecule has 3 aliphatic heterocycles. The van der Waals surface area contributed by atoms with E-state index in [1.165, 1.54) is 6.08 Å². The number of hydrogen-bond donors (Lipinski definition) is 6. The number of carbonyl (C=O) groups is 3. The maximum absolute atomic E-state index is 12.6. The Morgan fingerprint density at radius 2 is 1.80 bits per heavy atom. The summed E-state index contributed by atoms with van der Waals surface area (Å²) in [5.41, 5.74) is 7.45. The van der Waals surface area contributed by atoms with Crippen LogP contribution in [-0.2, 0) is 33.6 Å². The van der Waals surface area contributed by atoms with E-state index in [1.807, 2.05) is 52.5 Å². The van der Waals surface area contributed by atoms with Crippen LogP contribution in [0.2, 0.25) is 0 Å². The van der Waals surface area contributed by atoms with Crippen LogP contribution in [-0.4, -0.2) is 65.8 Å². The summed E-state index contributed by atoms with van der Waals surface area (Å²) >= 11 is 1.87. The van der Waals surface area contributed by atoms with Crippen molar-refractivity contribution in [3.63, 3.8) is 0 Å². The lowest BCUT2D eigenvalue weighted by Crippen LogP contribution is -2.31. The Morgan fingerprint density at radius 3 is 2.41 bits per heavy atom. The van der Waals surface area contributed by atoms with Gasteiger partial charge in [0.1, 0.15) is 0 Å². The number of nitrogens with zero attached hydrogens (tertiary/aromatic N) is 1. The largest absolute Gasteiger partial charge is 0.481 e. The van der Waals surface area contributed by atoms with Crippen LogP contribution in [0.1, 0.15) is 67.3 Å². The standard InChI is InChI=1S/C33H40N4O6S/c1-6-19-15(2)24(36-33(19)43)11-22-16(3)20(7-9-29(38)39)25(34-22)13-26-21(8-10-30(40)41)17(4)23(35-26)12-27-31(28-14-44-28)18(5)32(42)37-27/h9,12-13,18,27-28,31,34-35,38-39H,6-8,10-11,14H2,1-5H3,(H,37,42)(H,40,41)/b23-12+,26-13-/t18-,27?,28-,31-/m1/s1. The van der Waals surface area contributed by atoms with Gasteiger partial charge < -0.3 is 30.6 Å². The van der Waals surface area contributed by atoms with Gasteiger partial charge >= 0.3 is 5.97 Å². The van der Waals surface area contributed by atoms with Gasteiger partial charge in [0.15, 0.2) is 0 Å². The number of hydrogen-bond acceptors (Lipinski definition) is 6. The molecule has 0 radical (unpaired) electrons. The van der Waals surface area contributed by atoms with Crippen LogP contribution < -0.4 is 16.0 Å². The molecule has 6 N–H and O–H groups in total. The smallest absolute Gasteiger partial charge is 0.303 e. The van der Waals surface area contributed by atoms with E-state index in [4.69, 9.17) is 0 Å². The molecule has 44 heavy (non-hydrogen) atoms. The minimum absolute atomic E-state index is 0.0419. The quantitative estimate of drug-likeness (QED) is 0.166. The number of aliphatic carboxylic acids is 1. The molecule has 0 aromatic carbocycles. The van der Waals surface area contributed by atoms with E-state index in [0.717, 1.165) is 55.7 Å². The molecule has 3 aliphatic rings. The predicted octanol–water partition coefficient (Wildman–Crippen LogP) is 3.20. The second-order valence-corrected chi connectivity index (χ2v) is 13.2. The summed E-state index contributed by atoms with van der Waals surface area (Å²) in [7, 11) is 0. The van der Waals surface area contributed by atoms with Gasteiger partial charge in [0.25, 0.3) is 11.9 Å². The summed E-state index contributed by atoms with van der Waals surface area (Å²) in [6.07, 6.45) is 6.86. The zero-order chi connectivity index (χ0) is 31.9. The second-order valence-electron chi connectivity index (χ2n) is 11.9. The van der Waals surface area contributed by atoms with Crippen molar-refractivity contribution in [2.24, 2.45) is 16.8 Å². The molecule has 2 aromatic rings. The number of nitrogens with one attached hydrogen (secondary N) is 3. The Labute approximate surface area is 260 Å². The van der Waals surface area contributed by atoms with E-state index in [1.54, 1.807) is 0 Å². The first kappa shape index (κ1) is 31.4. The fraction of sp³-hybridized carbons (Fsp3) is 0.455. The number of aromatic amines is 2. The summed E-state index contributed by atoms with van der Waals surface area (Å²) in [6.45, 7) is 9.74. The lowest BCUT2D eigenvalue weighted by molar-refractivity contribution is -0.137. The highest BCUT2D eigenvalue weighted by Crippen LogP contribution is 2.44. The van der Waals surface area contributed by atoms with Crippen molar-refractivity contribution >= 4 is 47.4 Å². The Bertz CT molecular complexity index is 1740. The minimum Gasteiger partial charge on any atom is -0.481 e. The first-order valence-corrected chi connectivity index (χ1v) is 16.1. The molecule has 1 unspecified atom stereocenters. The van der Waals surface area contributed by atoms with Crippen molar-refractivity contribution in [1.82, 2.24) is 15.3 Å². The second kappa shape index (κ2) is 12.6. The molecule has 2 saturated heterocycles. The molecule has 2 aromatic heterocycles. The highest BCUT2D eigenvalue weighted by Gasteiger charge is 2.47. The molecule has 234 valence electrons. The maximum Gasteiger partial charge on any atom is 0.303 e. The molecule has 11 heteroatoms. The number of amides is 2. The summed E-state index contributed by atoms with van der Waals surface area (Å²) in [5.74, 6) is -0.654. The van der Waals surface area contributed by atoms with Crippen LogP contribution in [0.4, 0.5) is 0 Å². The van der Waals surface area contributed by atoms with Crippen molar-refractivity contribution in [2.45, 2.75) is 78.0 Å². The molecule has 2 fully saturated rings. The molecule has 0 saturated carbocycles. The average molecular weight is 621 g/mol. The van der Waals surface area contributed by atoms with Crippen molar-refractivity contribution < 1.29 is 29.7 Å². The number of carbonyl (C=O) groups excluding carboxylic acids is 2. The molecule has 0 aliphatic carbocycles. The van der Waals surface area contributed by atoms with Crippen molar-refractivity contribution in [3.05, 3.63) is 67.5 Å². The number of H-pyrrole nitrogens is 2. The fourth-order valence-electron chi connectivity index (χ4n) is 6.54. The van der Waals surface area contributed by atoms with E-state index in [2.05, 4.69) is 26.4 Å². The molecule has 2 amide bonds. The molecule has 5 heterocycles. The van der Waals surface area contributed by atoms with Crippen LogP contribution in [0.3, 0.4) is 0 Å². The number of allylic oxidation sites excluding steroid dienone is 2. The van der Waals surface area contributed by atoms with Gasteiger partial charge in [0, 0.05) is 69.4 Å². The van der Waals surface area contributed by atoms with E-state index in [-0.39, 0.29) is 42.5 Å². The third-order valence-corrected chi connectivity index (χ3v) is 10.3. The van der Waals surface area contributed by atoms with Gasteiger partial charge in [0.05, 0.1) is 11.8 Å². The van der Waals surface area contributed by atoms with E-state index in [9.17, 15) is 29.7 Å². The molecule has 0 spiro atoms. The summed E-state index contributed by atoms with van der Waals surface area (Å²) in [4.78, 5) is 47.8. The lowest BCUT2D eigenvalue weighted by atomic mass is 9.89. The maximum atomic E-state index is 12.6. The summed E-state index contributed by atoms with van der Waals surface area (Å²) in [5, 5.41) is 33.7. The third-order valence-electron chi connectivity index (χ3n) is 9.26. The van der Waals surface area contributed by atoms with Gasteiger partial charge in [-0.15, -0.1) is 0 Å². The molecular formula is C33H40N4O6S. The number of rotatable bonds is 11. The van der Waals surface area contributed by atoms with Crippen LogP contribution in [0.25, 0.3) is 12.2 Å². The topological polar surface area (TPSA) is 168 Å². The Kier molecular flexibility index (Phi) is 8.97. The van der Waals surface area contributed by atoms with Crippen LogP contribution in [0.5, 0.6) is 0 Å². The normalized spacial score (nSPS) is 23.9. The first-order chi connectivity index (χ1) is 20.9. The van der Waals surface area contributed by atoms with E-state index < -0.39 is 11.9 Å². The predicted molar refractivity (Wildman–Crippen MR) is 171 cm³/mol. The fourth-order valence-corrected chi connectivity index (χ4v) is 7.51. The number of carboxylic acids is 1. The van der Waals surface area contributed by atoms with Crippen molar-refractivity contribution in [2.75, 3.05) is 5.75 Å². The van der Waals surface area contributed by atoms with E-state index >= 15 is 0 Å². The number of aliphatic hydroxyl groups is 2. The zero-order valence-electron chi connectivity index (χ0n) is 25.7. The highest BCUT2D eigenvalue weighted by molar-refractivity contribution is 8.06. The number of thioether (sulfide) groups is 1. The van der Waals surface area contributed by atoms with Gasteiger partial charge in [-0.25, -0.2) is 4.99 Å².